The fraction of sp³-hybridized carbons (Fsp3) is 0.222. The van der Waals surface area contributed by atoms with Crippen LogP contribution in [0.4, 0.5) is 5.69 Å². The van der Waals surface area contributed by atoms with Gasteiger partial charge < -0.3 is 14.2 Å². The summed E-state index contributed by atoms with van der Waals surface area (Å²) in [6, 6.07) is 13.1. The summed E-state index contributed by atoms with van der Waals surface area (Å²) in [6.45, 7) is 1.87. The molecule has 0 aliphatic carbocycles. The van der Waals surface area contributed by atoms with E-state index in [2.05, 4.69) is 26.5 Å². The second kappa shape index (κ2) is 9.68. The van der Waals surface area contributed by atoms with Gasteiger partial charge in [-0.15, -0.1) is 0 Å². The van der Waals surface area contributed by atoms with E-state index in [-0.39, 0.29) is 6.61 Å². The lowest BCUT2D eigenvalue weighted by Crippen LogP contribution is -2.15. The molecule has 2 aromatic carbocycles. The lowest BCUT2D eigenvalue weighted by molar-refractivity contribution is -0.145. The van der Waals surface area contributed by atoms with Crippen molar-refractivity contribution < 1.29 is 19.0 Å². The highest BCUT2D eigenvalue weighted by Crippen LogP contribution is 2.33. The Morgan fingerprint density at radius 1 is 1.24 bits per heavy atom. The first-order valence-electron chi connectivity index (χ1n) is 7.64. The van der Waals surface area contributed by atoms with Crippen LogP contribution in [0.5, 0.6) is 11.5 Å². The number of halogens is 1. The minimum absolute atomic E-state index is 0.181. The van der Waals surface area contributed by atoms with E-state index in [0.717, 1.165) is 15.7 Å². The molecule has 0 aliphatic rings. The zero-order valence-electron chi connectivity index (χ0n) is 14.0. The van der Waals surface area contributed by atoms with Crippen molar-refractivity contribution in [2.45, 2.75) is 6.92 Å². The highest BCUT2D eigenvalue weighted by Gasteiger charge is 2.11. The number of rotatable bonds is 8. The molecule has 0 aromatic heterocycles. The summed E-state index contributed by atoms with van der Waals surface area (Å²) in [4.78, 5) is 11.4. The number of nitrogens with one attached hydrogen (secondary N) is 1. The molecule has 0 spiro atoms. The number of nitrogens with zero attached hydrogens (tertiary/aromatic N) is 1. The predicted molar refractivity (Wildman–Crippen MR) is 100 cm³/mol. The number of esters is 1. The zero-order valence-corrected chi connectivity index (χ0v) is 15.6. The quantitative estimate of drug-likeness (QED) is 0.409. The molecule has 0 saturated heterocycles. The average molecular weight is 407 g/mol. The van der Waals surface area contributed by atoms with Crippen LogP contribution in [0.1, 0.15) is 12.5 Å². The number of ether oxygens (including phenoxy) is 3. The average Bonchev–Trinajstić information content (AvgIpc) is 2.62. The third-order valence-electron chi connectivity index (χ3n) is 3.10. The van der Waals surface area contributed by atoms with Crippen LogP contribution in [-0.4, -0.2) is 32.5 Å². The topological polar surface area (TPSA) is 69.2 Å². The van der Waals surface area contributed by atoms with Crippen molar-refractivity contribution in [1.82, 2.24) is 0 Å². The summed E-state index contributed by atoms with van der Waals surface area (Å²) < 4.78 is 16.4. The van der Waals surface area contributed by atoms with Crippen molar-refractivity contribution in [2.24, 2.45) is 5.10 Å². The molecule has 132 valence electrons. The van der Waals surface area contributed by atoms with Gasteiger partial charge in [0.2, 0.25) is 0 Å². The van der Waals surface area contributed by atoms with E-state index in [1.165, 1.54) is 7.11 Å². The summed E-state index contributed by atoms with van der Waals surface area (Å²) in [5, 5.41) is 4.20. The molecule has 6 nitrogen and oxygen atoms in total. The van der Waals surface area contributed by atoms with E-state index in [0.29, 0.717) is 18.1 Å². The number of benzene rings is 2. The molecule has 0 amide bonds. The smallest absolute Gasteiger partial charge is 0.344 e. The molecule has 0 radical (unpaired) electrons. The molecule has 0 saturated carbocycles. The Morgan fingerprint density at radius 2 is 2.00 bits per heavy atom. The number of hydrogen-bond donors (Lipinski definition) is 1. The third-order valence-corrected chi connectivity index (χ3v) is 3.79. The summed E-state index contributed by atoms with van der Waals surface area (Å²) >= 11 is 3.46. The Bertz CT molecular complexity index is 735. The maximum atomic E-state index is 11.4. The highest BCUT2D eigenvalue weighted by atomic mass is 79.9. The van der Waals surface area contributed by atoms with Crippen molar-refractivity contribution in [1.29, 1.82) is 0 Å². The largest absolute Gasteiger partial charge is 0.493 e. The number of para-hydroxylation sites is 1. The van der Waals surface area contributed by atoms with Crippen LogP contribution in [0, 0.1) is 0 Å². The second-order valence-corrected chi connectivity index (χ2v) is 5.71. The summed E-state index contributed by atoms with van der Waals surface area (Å²) in [7, 11) is 1.53. The molecule has 0 aliphatic heterocycles. The third kappa shape index (κ3) is 5.79. The molecule has 0 unspecified atom stereocenters. The lowest BCUT2D eigenvalue weighted by Gasteiger charge is -2.12. The van der Waals surface area contributed by atoms with E-state index in [4.69, 9.17) is 14.2 Å². The second-order valence-electron chi connectivity index (χ2n) is 4.85. The summed E-state index contributed by atoms with van der Waals surface area (Å²) in [5.74, 6) is 0.502. The number of anilines is 1. The maximum absolute atomic E-state index is 11.4. The number of carbonyl (C=O) groups is 1. The number of hydrazone groups is 1. The highest BCUT2D eigenvalue weighted by molar-refractivity contribution is 9.10. The zero-order chi connectivity index (χ0) is 18.1. The molecule has 2 aromatic rings. The fourth-order valence-corrected chi connectivity index (χ4v) is 2.38. The van der Waals surface area contributed by atoms with Gasteiger partial charge in [0.25, 0.3) is 0 Å². The Labute approximate surface area is 154 Å². The molecule has 0 atom stereocenters. The van der Waals surface area contributed by atoms with Gasteiger partial charge in [-0.25, -0.2) is 4.79 Å². The predicted octanol–water partition coefficient (Wildman–Crippen LogP) is 3.85. The molecule has 2 rings (SSSR count). The van der Waals surface area contributed by atoms with Crippen molar-refractivity contribution in [3.8, 4) is 11.5 Å². The summed E-state index contributed by atoms with van der Waals surface area (Å²) in [5.41, 5.74) is 4.62. The molecule has 0 fully saturated rings. The van der Waals surface area contributed by atoms with Gasteiger partial charge in [-0.1, -0.05) is 18.2 Å². The first-order valence-corrected chi connectivity index (χ1v) is 8.43. The first kappa shape index (κ1) is 18.8. The van der Waals surface area contributed by atoms with Crippen molar-refractivity contribution >= 4 is 33.8 Å². The van der Waals surface area contributed by atoms with E-state index in [1.54, 1.807) is 25.3 Å². The van der Waals surface area contributed by atoms with Crippen LogP contribution in [0.15, 0.2) is 52.0 Å². The van der Waals surface area contributed by atoms with Gasteiger partial charge in [0.05, 0.1) is 25.6 Å². The molecular formula is C18H19BrN2O4. The van der Waals surface area contributed by atoms with Crippen molar-refractivity contribution in [2.75, 3.05) is 25.7 Å². The van der Waals surface area contributed by atoms with Gasteiger partial charge in [0.1, 0.15) is 0 Å². The van der Waals surface area contributed by atoms with E-state index >= 15 is 0 Å². The molecule has 0 heterocycles. The lowest BCUT2D eigenvalue weighted by atomic mass is 10.2. The van der Waals surface area contributed by atoms with Crippen molar-refractivity contribution in [3.63, 3.8) is 0 Å². The monoisotopic (exact) mass is 406 g/mol. The Morgan fingerprint density at radius 3 is 2.68 bits per heavy atom. The standard InChI is InChI=1S/C18H19BrN2O4/c1-3-24-18(22)12-25-17-10-15(19)13(9-16(17)23-2)11-20-21-14-7-5-4-6-8-14/h4-11,21H,3,12H2,1-2H3/b20-11-. The number of hydrogen-bond acceptors (Lipinski definition) is 6. The van der Waals surface area contributed by atoms with Crippen molar-refractivity contribution in [3.05, 3.63) is 52.5 Å². The Kier molecular flexibility index (Phi) is 7.28. The molecular weight excluding hydrogens is 388 g/mol. The van der Waals surface area contributed by atoms with Crippen LogP contribution >= 0.6 is 15.9 Å². The maximum Gasteiger partial charge on any atom is 0.344 e. The molecule has 1 N–H and O–H groups in total. The normalized spacial score (nSPS) is 10.5. The van der Waals surface area contributed by atoms with E-state index in [1.807, 2.05) is 30.3 Å². The number of carbonyl (C=O) groups excluding carboxylic acids is 1. The Balaban J connectivity index is 2.08. The Hall–Kier alpha value is -2.54. The van der Waals surface area contributed by atoms with Crippen LogP contribution in [0.3, 0.4) is 0 Å². The van der Waals surface area contributed by atoms with Gasteiger partial charge in [-0.3, -0.25) is 5.43 Å². The SMILES string of the molecule is CCOC(=O)COc1cc(Br)c(/C=N\Nc2ccccc2)cc1OC. The van der Waals surface area contributed by atoms with Gasteiger partial charge in [-0.2, -0.15) is 5.10 Å². The molecule has 25 heavy (non-hydrogen) atoms. The van der Waals surface area contributed by atoms with Crippen LogP contribution in [0.25, 0.3) is 0 Å². The van der Waals surface area contributed by atoms with Gasteiger partial charge >= 0.3 is 5.97 Å². The van der Waals surface area contributed by atoms with Gasteiger partial charge in [-0.05, 0) is 47.1 Å². The summed E-state index contributed by atoms with van der Waals surface area (Å²) in [6.07, 6.45) is 1.66. The molecule has 7 heteroatoms. The van der Waals surface area contributed by atoms with Crippen LogP contribution in [-0.2, 0) is 9.53 Å². The molecule has 0 bridgehead atoms. The van der Waals surface area contributed by atoms with Gasteiger partial charge in [0.15, 0.2) is 18.1 Å². The van der Waals surface area contributed by atoms with Gasteiger partial charge in [0, 0.05) is 10.0 Å². The van der Waals surface area contributed by atoms with Crippen LogP contribution < -0.4 is 14.9 Å². The first-order chi connectivity index (χ1) is 12.1. The van der Waals surface area contributed by atoms with E-state index in [9.17, 15) is 4.79 Å². The van der Waals surface area contributed by atoms with E-state index < -0.39 is 5.97 Å². The number of methoxy groups -OCH3 is 1. The minimum atomic E-state index is -0.432. The fourth-order valence-electron chi connectivity index (χ4n) is 1.95. The van der Waals surface area contributed by atoms with Crippen LogP contribution in [0.2, 0.25) is 0 Å². The minimum Gasteiger partial charge on any atom is -0.493 e.